The molecule has 2 aromatic rings. The quantitative estimate of drug-likeness (QED) is 0.854. The van der Waals surface area contributed by atoms with Crippen LogP contribution in [0.25, 0.3) is 0 Å². The number of ether oxygens (including phenoxy) is 1. The summed E-state index contributed by atoms with van der Waals surface area (Å²) in [6.45, 7) is -0.209. The van der Waals surface area contributed by atoms with Crippen molar-refractivity contribution >= 4 is 34.5 Å². The number of amides is 1. The van der Waals surface area contributed by atoms with Gasteiger partial charge in [0.2, 0.25) is 0 Å². The maximum absolute atomic E-state index is 12.2. The molecule has 6 heteroatoms. The molecule has 0 aliphatic heterocycles. The first-order valence-corrected chi connectivity index (χ1v) is 7.18. The van der Waals surface area contributed by atoms with Crippen LogP contribution in [-0.4, -0.2) is 24.7 Å². The molecule has 0 spiro atoms. The predicted molar refractivity (Wildman–Crippen MR) is 84.2 cm³/mol. The van der Waals surface area contributed by atoms with Crippen molar-refractivity contribution < 1.29 is 14.6 Å². The first-order chi connectivity index (χ1) is 10.1. The molecule has 0 atom stereocenters. The van der Waals surface area contributed by atoms with E-state index >= 15 is 0 Å². The normalized spacial score (nSPS) is 9.67. The van der Waals surface area contributed by atoms with E-state index in [-0.39, 0.29) is 12.5 Å². The van der Waals surface area contributed by atoms with Gasteiger partial charge < -0.3 is 15.2 Å². The summed E-state index contributed by atoms with van der Waals surface area (Å²) in [7, 11) is 1.54. The third-order valence-corrected chi connectivity index (χ3v) is 3.87. The van der Waals surface area contributed by atoms with Crippen LogP contribution in [0.3, 0.4) is 0 Å². The average molecular weight is 322 g/mol. The Morgan fingerprint density at radius 3 is 2.95 bits per heavy atom. The van der Waals surface area contributed by atoms with E-state index in [1.165, 1.54) is 11.3 Å². The molecule has 1 amide bonds. The summed E-state index contributed by atoms with van der Waals surface area (Å²) in [6.07, 6.45) is 0. The van der Waals surface area contributed by atoms with Crippen molar-refractivity contribution in [2.75, 3.05) is 19.0 Å². The number of hydrogen-bond acceptors (Lipinski definition) is 4. The SMILES string of the molecule is COc1ccc(Cl)c(NC(=O)c2ccc(C#CCO)s2)c1. The highest BCUT2D eigenvalue weighted by Crippen LogP contribution is 2.27. The van der Waals surface area contributed by atoms with Gasteiger partial charge in [-0.05, 0) is 24.3 Å². The number of aliphatic hydroxyl groups is 1. The van der Waals surface area contributed by atoms with Gasteiger partial charge >= 0.3 is 0 Å². The molecule has 4 nitrogen and oxygen atoms in total. The van der Waals surface area contributed by atoms with Crippen LogP contribution < -0.4 is 10.1 Å². The lowest BCUT2D eigenvalue weighted by Gasteiger charge is -2.08. The minimum absolute atomic E-state index is 0.209. The number of nitrogens with one attached hydrogen (secondary N) is 1. The molecule has 108 valence electrons. The van der Waals surface area contributed by atoms with Crippen molar-refractivity contribution in [3.8, 4) is 17.6 Å². The lowest BCUT2D eigenvalue weighted by molar-refractivity contribution is 0.103. The number of halogens is 1. The van der Waals surface area contributed by atoms with Gasteiger partial charge in [0.1, 0.15) is 12.4 Å². The Balaban J connectivity index is 2.16. The van der Waals surface area contributed by atoms with Crippen molar-refractivity contribution in [1.29, 1.82) is 0 Å². The number of carbonyl (C=O) groups excluding carboxylic acids is 1. The zero-order valence-electron chi connectivity index (χ0n) is 11.1. The van der Waals surface area contributed by atoms with Gasteiger partial charge in [0, 0.05) is 6.07 Å². The van der Waals surface area contributed by atoms with Crippen LogP contribution in [0.1, 0.15) is 14.5 Å². The number of carbonyl (C=O) groups is 1. The van der Waals surface area contributed by atoms with Crippen LogP contribution >= 0.6 is 22.9 Å². The number of hydrogen-bond donors (Lipinski definition) is 2. The second-order valence-electron chi connectivity index (χ2n) is 3.92. The standard InChI is InChI=1S/C15H12ClNO3S/c1-20-10-4-6-12(16)13(9-10)17-15(19)14-7-5-11(21-14)3-2-8-18/h4-7,9,18H,8H2,1H3,(H,17,19). The first kappa shape index (κ1) is 15.4. The highest BCUT2D eigenvalue weighted by atomic mass is 35.5. The summed E-state index contributed by atoms with van der Waals surface area (Å²) in [6, 6.07) is 8.43. The number of aliphatic hydroxyl groups excluding tert-OH is 1. The van der Waals surface area contributed by atoms with Gasteiger partial charge in [0.15, 0.2) is 0 Å². The lowest BCUT2D eigenvalue weighted by atomic mass is 10.3. The lowest BCUT2D eigenvalue weighted by Crippen LogP contribution is -2.10. The first-order valence-electron chi connectivity index (χ1n) is 5.98. The molecule has 0 unspecified atom stereocenters. The van der Waals surface area contributed by atoms with Crippen LogP contribution in [0.2, 0.25) is 5.02 Å². The summed E-state index contributed by atoms with van der Waals surface area (Å²) in [5, 5.41) is 11.8. The zero-order chi connectivity index (χ0) is 15.2. The fourth-order valence-corrected chi connectivity index (χ4v) is 2.51. The van der Waals surface area contributed by atoms with Gasteiger partial charge in [-0.2, -0.15) is 0 Å². The Morgan fingerprint density at radius 2 is 2.24 bits per heavy atom. The van der Waals surface area contributed by atoms with Crippen LogP contribution in [-0.2, 0) is 0 Å². The van der Waals surface area contributed by atoms with Crippen molar-refractivity contribution in [1.82, 2.24) is 0 Å². The molecule has 21 heavy (non-hydrogen) atoms. The zero-order valence-corrected chi connectivity index (χ0v) is 12.7. The molecule has 0 fully saturated rings. The maximum Gasteiger partial charge on any atom is 0.265 e. The Bertz CT molecular complexity index is 715. The van der Waals surface area contributed by atoms with Gasteiger partial charge in [0.25, 0.3) is 5.91 Å². The number of thiophene rings is 1. The largest absolute Gasteiger partial charge is 0.497 e. The molecule has 2 rings (SSSR count). The van der Waals surface area contributed by atoms with Gasteiger partial charge in [-0.3, -0.25) is 4.79 Å². The molecular weight excluding hydrogens is 310 g/mol. The van der Waals surface area contributed by atoms with Crippen LogP contribution in [0.5, 0.6) is 5.75 Å². The summed E-state index contributed by atoms with van der Waals surface area (Å²) >= 11 is 7.29. The second kappa shape index (κ2) is 7.14. The van der Waals surface area contributed by atoms with Crippen molar-refractivity contribution in [3.05, 3.63) is 45.1 Å². The van der Waals surface area contributed by atoms with Crippen molar-refractivity contribution in [2.45, 2.75) is 0 Å². The minimum atomic E-state index is -0.271. The van der Waals surface area contributed by atoms with E-state index < -0.39 is 0 Å². The highest BCUT2D eigenvalue weighted by Gasteiger charge is 2.11. The smallest absolute Gasteiger partial charge is 0.265 e. The Hall–Kier alpha value is -2.00. The van der Waals surface area contributed by atoms with Gasteiger partial charge in [-0.25, -0.2) is 0 Å². The van der Waals surface area contributed by atoms with Crippen molar-refractivity contribution in [3.63, 3.8) is 0 Å². The Morgan fingerprint density at radius 1 is 1.43 bits per heavy atom. The molecule has 0 aliphatic carbocycles. The molecule has 1 aromatic heterocycles. The summed E-state index contributed by atoms with van der Waals surface area (Å²) in [5.41, 5.74) is 0.484. The van der Waals surface area contributed by atoms with E-state index in [2.05, 4.69) is 17.2 Å². The highest BCUT2D eigenvalue weighted by molar-refractivity contribution is 7.14. The van der Waals surface area contributed by atoms with Gasteiger partial charge in [-0.1, -0.05) is 23.4 Å². The fraction of sp³-hybridized carbons (Fsp3) is 0.133. The molecule has 0 saturated carbocycles. The molecular formula is C15H12ClNO3S. The van der Waals surface area contributed by atoms with E-state index in [0.717, 1.165) is 0 Å². The van der Waals surface area contributed by atoms with E-state index in [4.69, 9.17) is 21.4 Å². The van der Waals surface area contributed by atoms with E-state index in [9.17, 15) is 4.79 Å². The number of methoxy groups -OCH3 is 1. The fourth-order valence-electron chi connectivity index (χ4n) is 1.56. The monoisotopic (exact) mass is 321 g/mol. The van der Waals surface area contributed by atoms with Crippen LogP contribution in [0.4, 0.5) is 5.69 Å². The van der Waals surface area contributed by atoms with E-state index in [1.54, 1.807) is 37.4 Å². The number of anilines is 1. The topological polar surface area (TPSA) is 58.6 Å². The van der Waals surface area contributed by atoms with Crippen LogP contribution in [0.15, 0.2) is 30.3 Å². The molecule has 2 N–H and O–H groups in total. The van der Waals surface area contributed by atoms with E-state index in [1.807, 2.05) is 0 Å². The van der Waals surface area contributed by atoms with Crippen molar-refractivity contribution in [2.24, 2.45) is 0 Å². The van der Waals surface area contributed by atoms with Crippen LogP contribution in [0, 0.1) is 11.8 Å². The summed E-state index contributed by atoms with van der Waals surface area (Å²) < 4.78 is 5.10. The predicted octanol–water partition coefficient (Wildman–Crippen LogP) is 3.01. The third-order valence-electron chi connectivity index (χ3n) is 2.54. The molecule has 1 heterocycles. The molecule has 0 radical (unpaired) electrons. The Labute approximate surface area is 131 Å². The van der Waals surface area contributed by atoms with Gasteiger partial charge in [-0.15, -0.1) is 11.3 Å². The minimum Gasteiger partial charge on any atom is -0.497 e. The van der Waals surface area contributed by atoms with E-state index in [0.29, 0.717) is 26.2 Å². The Kier molecular flexibility index (Phi) is 5.23. The number of rotatable bonds is 3. The maximum atomic E-state index is 12.2. The molecule has 0 aliphatic rings. The average Bonchev–Trinajstić information content (AvgIpc) is 2.96. The molecule has 0 bridgehead atoms. The second-order valence-corrected chi connectivity index (χ2v) is 5.41. The van der Waals surface area contributed by atoms with Gasteiger partial charge in [0.05, 0.1) is 27.6 Å². The third kappa shape index (κ3) is 3.99. The summed E-state index contributed by atoms with van der Waals surface area (Å²) in [4.78, 5) is 13.4. The number of benzene rings is 1. The summed E-state index contributed by atoms with van der Waals surface area (Å²) in [5.74, 6) is 5.63. The molecule has 1 aromatic carbocycles. The molecule has 0 saturated heterocycles.